The predicted octanol–water partition coefficient (Wildman–Crippen LogP) is 3.54. The van der Waals surface area contributed by atoms with E-state index in [1.54, 1.807) is 12.1 Å². The largest absolute Gasteiger partial charge is 0.493 e. The van der Waals surface area contributed by atoms with E-state index in [4.69, 9.17) is 4.74 Å². The Hall–Kier alpha value is -1.52. The molecule has 0 saturated carbocycles. The lowest BCUT2D eigenvalue weighted by molar-refractivity contribution is -0.133. The van der Waals surface area contributed by atoms with Crippen LogP contribution in [-0.2, 0) is 6.42 Å². The SMILES string of the molecule is O=C(CCC(F)(F)F)c1ccc2c(c1)CCCO2. The molecule has 1 aliphatic heterocycles. The van der Waals surface area contributed by atoms with Gasteiger partial charge in [-0.25, -0.2) is 0 Å². The molecule has 1 aromatic rings. The van der Waals surface area contributed by atoms with Gasteiger partial charge in [0.05, 0.1) is 13.0 Å². The van der Waals surface area contributed by atoms with Gasteiger partial charge in [-0.3, -0.25) is 4.79 Å². The normalized spacial score (nSPS) is 14.8. The smallest absolute Gasteiger partial charge is 0.389 e. The number of carbonyl (C=O) groups excluding carboxylic acids is 1. The summed E-state index contributed by atoms with van der Waals surface area (Å²) >= 11 is 0. The van der Waals surface area contributed by atoms with Crippen molar-refractivity contribution < 1.29 is 22.7 Å². The number of hydrogen-bond donors (Lipinski definition) is 0. The summed E-state index contributed by atoms with van der Waals surface area (Å²) in [6.45, 7) is 0.647. The van der Waals surface area contributed by atoms with Gasteiger partial charge in [0.1, 0.15) is 5.75 Å². The molecule has 0 radical (unpaired) electrons. The van der Waals surface area contributed by atoms with Crippen molar-refractivity contribution in [3.63, 3.8) is 0 Å². The highest BCUT2D eigenvalue weighted by atomic mass is 19.4. The summed E-state index contributed by atoms with van der Waals surface area (Å²) in [7, 11) is 0. The second kappa shape index (κ2) is 5.00. The van der Waals surface area contributed by atoms with Gasteiger partial charge in [0, 0.05) is 12.0 Å². The average molecular weight is 258 g/mol. The fourth-order valence-electron chi connectivity index (χ4n) is 1.93. The van der Waals surface area contributed by atoms with Gasteiger partial charge in [-0.1, -0.05) is 0 Å². The molecule has 2 nitrogen and oxygen atoms in total. The van der Waals surface area contributed by atoms with E-state index >= 15 is 0 Å². The van der Waals surface area contributed by atoms with Gasteiger partial charge in [0.25, 0.3) is 0 Å². The molecule has 1 aliphatic rings. The zero-order valence-corrected chi connectivity index (χ0v) is 9.72. The molecule has 98 valence electrons. The van der Waals surface area contributed by atoms with E-state index in [0.29, 0.717) is 12.2 Å². The summed E-state index contributed by atoms with van der Waals surface area (Å²) in [6, 6.07) is 4.84. The van der Waals surface area contributed by atoms with Crippen molar-refractivity contribution in [2.24, 2.45) is 0 Å². The van der Waals surface area contributed by atoms with Crippen molar-refractivity contribution in [1.29, 1.82) is 0 Å². The van der Waals surface area contributed by atoms with Crippen LogP contribution in [0.3, 0.4) is 0 Å². The summed E-state index contributed by atoms with van der Waals surface area (Å²) in [4.78, 5) is 11.6. The minimum Gasteiger partial charge on any atom is -0.493 e. The van der Waals surface area contributed by atoms with Crippen LogP contribution in [0.4, 0.5) is 13.2 Å². The maximum absolute atomic E-state index is 12.0. The Balaban J connectivity index is 2.07. The topological polar surface area (TPSA) is 26.3 Å². The number of ketones is 1. The van der Waals surface area contributed by atoms with Gasteiger partial charge in [0.2, 0.25) is 0 Å². The molecule has 1 heterocycles. The van der Waals surface area contributed by atoms with Crippen molar-refractivity contribution in [2.45, 2.75) is 31.9 Å². The molecule has 18 heavy (non-hydrogen) atoms. The Morgan fingerprint density at radius 1 is 1.33 bits per heavy atom. The fraction of sp³-hybridized carbons (Fsp3) is 0.462. The van der Waals surface area contributed by atoms with Crippen LogP contribution in [0, 0.1) is 0 Å². The quantitative estimate of drug-likeness (QED) is 0.775. The predicted molar refractivity (Wildman–Crippen MR) is 59.9 cm³/mol. The first kappa shape index (κ1) is 12.9. The Bertz CT molecular complexity index is 452. The molecule has 1 aromatic carbocycles. The molecule has 0 N–H and O–H groups in total. The van der Waals surface area contributed by atoms with Crippen molar-refractivity contribution in [2.75, 3.05) is 6.61 Å². The van der Waals surface area contributed by atoms with E-state index in [0.717, 1.165) is 24.2 Å². The third-order valence-corrected chi connectivity index (χ3v) is 2.87. The number of Topliss-reactive ketones (excluding diaryl/α,β-unsaturated/α-hetero) is 1. The van der Waals surface area contributed by atoms with Crippen molar-refractivity contribution >= 4 is 5.78 Å². The standard InChI is InChI=1S/C13H13F3O2/c14-13(15,16)6-5-11(17)9-3-4-12-10(8-9)2-1-7-18-12/h3-4,8H,1-2,5-7H2. The highest BCUT2D eigenvalue weighted by Crippen LogP contribution is 2.27. The number of rotatable bonds is 3. The van der Waals surface area contributed by atoms with Gasteiger partial charge in [0.15, 0.2) is 5.78 Å². The summed E-state index contributed by atoms with van der Waals surface area (Å²) in [5, 5.41) is 0. The first-order chi connectivity index (χ1) is 8.46. The van der Waals surface area contributed by atoms with E-state index in [9.17, 15) is 18.0 Å². The second-order valence-electron chi connectivity index (χ2n) is 4.31. The lowest BCUT2D eigenvalue weighted by Gasteiger charge is -2.17. The second-order valence-corrected chi connectivity index (χ2v) is 4.31. The first-order valence-corrected chi connectivity index (χ1v) is 5.81. The number of benzene rings is 1. The minimum absolute atomic E-state index is 0.337. The van der Waals surface area contributed by atoms with E-state index in [1.165, 1.54) is 6.07 Å². The molecule has 2 rings (SSSR count). The van der Waals surface area contributed by atoms with Gasteiger partial charge >= 0.3 is 6.18 Å². The number of ether oxygens (including phenoxy) is 1. The fourth-order valence-corrected chi connectivity index (χ4v) is 1.93. The highest BCUT2D eigenvalue weighted by molar-refractivity contribution is 5.96. The number of alkyl halides is 3. The van der Waals surface area contributed by atoms with E-state index in [1.807, 2.05) is 0 Å². The minimum atomic E-state index is -4.28. The first-order valence-electron chi connectivity index (χ1n) is 5.81. The Morgan fingerprint density at radius 3 is 2.83 bits per heavy atom. The average Bonchev–Trinajstić information content (AvgIpc) is 2.34. The number of fused-ring (bicyclic) bond motifs is 1. The maximum Gasteiger partial charge on any atom is 0.389 e. The van der Waals surface area contributed by atoms with Crippen LogP contribution in [0.5, 0.6) is 5.75 Å². The lowest BCUT2D eigenvalue weighted by Crippen LogP contribution is -2.12. The molecule has 0 atom stereocenters. The van der Waals surface area contributed by atoms with Crippen molar-refractivity contribution in [1.82, 2.24) is 0 Å². The molecule has 0 saturated heterocycles. The number of carbonyl (C=O) groups is 1. The van der Waals surface area contributed by atoms with Gasteiger partial charge in [-0.05, 0) is 36.6 Å². The van der Waals surface area contributed by atoms with Gasteiger partial charge in [-0.15, -0.1) is 0 Å². The van der Waals surface area contributed by atoms with Crippen LogP contribution >= 0.6 is 0 Å². The van der Waals surface area contributed by atoms with Gasteiger partial charge in [-0.2, -0.15) is 13.2 Å². The van der Waals surface area contributed by atoms with E-state index in [2.05, 4.69) is 0 Å². The third kappa shape index (κ3) is 3.24. The zero-order chi connectivity index (χ0) is 13.2. The molecule has 0 spiro atoms. The van der Waals surface area contributed by atoms with E-state index < -0.39 is 24.8 Å². The van der Waals surface area contributed by atoms with Crippen LogP contribution in [0.1, 0.15) is 35.2 Å². The molecule has 0 aromatic heterocycles. The molecule has 0 unspecified atom stereocenters. The Morgan fingerprint density at radius 2 is 2.11 bits per heavy atom. The highest BCUT2D eigenvalue weighted by Gasteiger charge is 2.28. The molecule has 5 heteroatoms. The van der Waals surface area contributed by atoms with E-state index in [-0.39, 0.29) is 0 Å². The Labute approximate surface area is 103 Å². The molecule has 0 fully saturated rings. The Kier molecular flexibility index (Phi) is 3.59. The van der Waals surface area contributed by atoms with Crippen LogP contribution < -0.4 is 4.74 Å². The van der Waals surface area contributed by atoms with Crippen LogP contribution in [0.25, 0.3) is 0 Å². The van der Waals surface area contributed by atoms with Crippen LogP contribution in [0.15, 0.2) is 18.2 Å². The monoisotopic (exact) mass is 258 g/mol. The lowest BCUT2D eigenvalue weighted by atomic mass is 9.99. The molecular weight excluding hydrogens is 245 g/mol. The van der Waals surface area contributed by atoms with Crippen LogP contribution in [0.2, 0.25) is 0 Å². The number of halogens is 3. The van der Waals surface area contributed by atoms with Crippen molar-refractivity contribution in [3.8, 4) is 5.75 Å². The van der Waals surface area contributed by atoms with Crippen LogP contribution in [-0.4, -0.2) is 18.6 Å². The molecule has 0 aliphatic carbocycles. The number of hydrogen-bond acceptors (Lipinski definition) is 2. The van der Waals surface area contributed by atoms with Gasteiger partial charge < -0.3 is 4.74 Å². The summed E-state index contributed by atoms with van der Waals surface area (Å²) in [5.74, 6) is 0.259. The summed E-state index contributed by atoms with van der Waals surface area (Å²) in [5.41, 5.74) is 1.24. The summed E-state index contributed by atoms with van der Waals surface area (Å²) in [6.07, 6.45) is -4.18. The zero-order valence-electron chi connectivity index (χ0n) is 9.72. The number of aryl methyl sites for hydroxylation is 1. The van der Waals surface area contributed by atoms with Crippen molar-refractivity contribution in [3.05, 3.63) is 29.3 Å². The summed E-state index contributed by atoms with van der Waals surface area (Å²) < 4.78 is 41.5. The molecular formula is C13H13F3O2. The maximum atomic E-state index is 12.0. The third-order valence-electron chi connectivity index (χ3n) is 2.87. The molecule has 0 amide bonds. The molecule has 0 bridgehead atoms.